The van der Waals surface area contributed by atoms with Crippen molar-refractivity contribution in [2.24, 2.45) is 39.9 Å². The third kappa shape index (κ3) is 5.23. The molecule has 0 amide bonds. The maximum atomic E-state index is 12.4. The molecule has 0 N–H and O–H groups in total. The summed E-state index contributed by atoms with van der Waals surface area (Å²) in [7, 11) is -10.4. The molecule has 0 spiro atoms. The Kier molecular flexibility index (Phi) is 7.22. The van der Waals surface area contributed by atoms with Gasteiger partial charge in [-0.05, 0) is 29.7 Å². The van der Waals surface area contributed by atoms with Crippen LogP contribution >= 0.6 is 0 Å². The van der Waals surface area contributed by atoms with Crippen molar-refractivity contribution in [3.63, 3.8) is 0 Å². The van der Waals surface area contributed by atoms with Crippen molar-refractivity contribution in [2.45, 2.75) is 9.79 Å². The number of fused-ring (bicyclic) bond motifs is 17. The first-order chi connectivity index (χ1) is 25.0. The Labute approximate surface area is 312 Å². The zero-order chi connectivity index (χ0) is 35.5. The Bertz CT molecular complexity index is 3070. The molecule has 0 aliphatic carbocycles. The molecule has 10 rings (SSSR count). The van der Waals surface area contributed by atoms with Gasteiger partial charge < -0.3 is 9.11 Å². The molecule has 0 saturated heterocycles. The van der Waals surface area contributed by atoms with Gasteiger partial charge in [0.25, 0.3) is 0 Å². The van der Waals surface area contributed by atoms with E-state index in [4.69, 9.17) is 39.9 Å². The molecule has 5 aromatic carbocycles. The van der Waals surface area contributed by atoms with Crippen molar-refractivity contribution in [3.05, 3.63) is 142 Å². The molecule has 0 aromatic heterocycles. The summed E-state index contributed by atoms with van der Waals surface area (Å²) in [6, 6.07) is 26.6. The number of aliphatic imine (C=N–C) groups is 8. The summed E-state index contributed by atoms with van der Waals surface area (Å²) in [5, 5.41) is -0.145. The zero-order valence-electron chi connectivity index (χ0n) is 26.8. The Morgan fingerprint density at radius 1 is 0.377 bits per heavy atom. The van der Waals surface area contributed by atoms with Gasteiger partial charge in [-0.15, -0.1) is 0 Å². The molecule has 5 aromatic rings. The minimum absolute atomic E-state index is 0. The number of nitrogens with zero attached hydrogens (tertiary/aromatic N) is 8. The van der Waals surface area contributed by atoms with Gasteiger partial charge in [0.1, 0.15) is 20.2 Å². The van der Waals surface area contributed by atoms with E-state index in [-0.39, 0.29) is 59.2 Å². The van der Waals surface area contributed by atoms with Crippen LogP contribution in [0, 0.1) is 0 Å². The zero-order valence-corrected chi connectivity index (χ0v) is 31.4. The first kappa shape index (κ1) is 33.0. The molecule has 0 radical (unpaired) electrons. The summed E-state index contributed by atoms with van der Waals surface area (Å²) < 4.78 is 73.4. The largest absolute Gasteiger partial charge is 2.00 e. The number of hydrogen-bond donors (Lipinski definition) is 0. The number of rotatable bonds is 2. The summed E-state index contributed by atoms with van der Waals surface area (Å²) in [5.74, 6) is 2.16. The molecular weight excluding hydrogens is 770 g/mol. The monoisotopic (exact) mass is 784 g/mol. The molecule has 5 aliphatic rings. The van der Waals surface area contributed by atoms with Crippen molar-refractivity contribution in [1.82, 2.24) is 0 Å². The number of hydrogen-bond acceptors (Lipinski definition) is 14. The van der Waals surface area contributed by atoms with Gasteiger partial charge in [-0.3, -0.25) is 0 Å². The van der Waals surface area contributed by atoms with Crippen LogP contribution < -0.4 is 0 Å². The maximum absolute atomic E-state index is 12.4. The van der Waals surface area contributed by atoms with E-state index in [0.29, 0.717) is 57.2 Å². The van der Waals surface area contributed by atoms with E-state index in [9.17, 15) is 25.9 Å². The van der Waals surface area contributed by atoms with Crippen LogP contribution in [0.3, 0.4) is 0 Å². The van der Waals surface area contributed by atoms with Crippen LogP contribution in [-0.2, 0) is 39.7 Å². The van der Waals surface area contributed by atoms with Gasteiger partial charge in [0.2, 0.25) is 0 Å². The van der Waals surface area contributed by atoms with Gasteiger partial charge in [-0.2, -0.15) is 0 Å². The minimum Gasteiger partial charge on any atom is -0.744 e. The molecule has 0 saturated carbocycles. The molecule has 0 fully saturated rings. The van der Waals surface area contributed by atoms with Crippen LogP contribution in [-0.4, -0.2) is 72.6 Å². The predicted molar refractivity (Wildman–Crippen MR) is 191 cm³/mol. The summed E-state index contributed by atoms with van der Waals surface area (Å²) >= 11 is 0. The molecule has 250 valence electrons. The average molecular weight is 786 g/mol. The first-order valence-electron chi connectivity index (χ1n) is 15.5. The fraction of sp³-hybridized carbons (Fsp3) is 0. The standard InChI is InChI=1S/C36H18N8O6S2.Zn/c45-51(46,47)18-13-17-14-26-27(16-25(17)28(15-18)52(48,49)50)36-43-34-24-12-6-4-10-22(24)32(41-34)39-30-20-8-2-1-7-19(20)29(37-30)38-31-21-9-3-5-11-23(21)33(40-31)42-35(26)44-36;/h1-16H,(H,45,46,47)(H,48,49,50);/q;+2/p-2. The van der Waals surface area contributed by atoms with E-state index < -0.39 is 30.0 Å². The van der Waals surface area contributed by atoms with Crippen LogP contribution in [0.2, 0.25) is 0 Å². The third-order valence-electron chi connectivity index (χ3n) is 8.99. The summed E-state index contributed by atoms with van der Waals surface area (Å²) in [6.07, 6.45) is 0. The van der Waals surface area contributed by atoms with Crippen LogP contribution in [0.1, 0.15) is 44.5 Å². The second-order valence-electron chi connectivity index (χ2n) is 12.1. The molecule has 0 unspecified atom stereocenters. The van der Waals surface area contributed by atoms with Crippen molar-refractivity contribution in [3.8, 4) is 0 Å². The quantitative estimate of drug-likeness (QED) is 0.192. The fourth-order valence-corrected chi connectivity index (χ4v) is 7.98. The molecular formula is C36H16N8O6S2Zn. The minimum atomic E-state index is -5.26. The molecule has 53 heavy (non-hydrogen) atoms. The second kappa shape index (κ2) is 11.6. The fourth-order valence-electron chi connectivity index (χ4n) is 6.66. The summed E-state index contributed by atoms with van der Waals surface area (Å²) in [5.41, 5.74) is 4.76. The van der Waals surface area contributed by atoms with Crippen LogP contribution in [0.15, 0.2) is 147 Å². The van der Waals surface area contributed by atoms with Gasteiger partial charge in [0.15, 0.2) is 46.7 Å². The Morgan fingerprint density at radius 3 is 0.981 bits per heavy atom. The molecule has 8 bridgehead atoms. The van der Waals surface area contributed by atoms with E-state index in [1.807, 2.05) is 72.8 Å². The molecule has 17 heteroatoms. The molecule has 0 atom stereocenters. The van der Waals surface area contributed by atoms with Crippen LogP contribution in [0.5, 0.6) is 0 Å². The average Bonchev–Trinajstić information content (AvgIpc) is 3.85. The first-order valence-corrected chi connectivity index (χ1v) is 18.3. The van der Waals surface area contributed by atoms with E-state index in [1.165, 1.54) is 12.1 Å². The van der Waals surface area contributed by atoms with Crippen LogP contribution in [0.4, 0.5) is 0 Å². The van der Waals surface area contributed by atoms with Gasteiger partial charge in [0.05, 0.1) is 9.79 Å². The smallest absolute Gasteiger partial charge is 0.744 e. The number of amidine groups is 8. The van der Waals surface area contributed by atoms with Crippen molar-refractivity contribution < 1.29 is 45.4 Å². The molecule has 14 nitrogen and oxygen atoms in total. The maximum Gasteiger partial charge on any atom is 2.00 e. The van der Waals surface area contributed by atoms with Crippen molar-refractivity contribution in [2.75, 3.05) is 0 Å². The van der Waals surface area contributed by atoms with Crippen molar-refractivity contribution in [1.29, 1.82) is 0 Å². The SMILES string of the molecule is O=S(=O)([O-])c1cc(S(=O)(=O)[O-])c2cc3c(cc2c1)C1=NC2=NC(=NC4=NC(=NC5=NC(=NC3=N1)c1ccccc15)c1ccccc14)c1ccccc12.[Zn+2]. The Balaban J connectivity index is 0.00000372. The normalized spacial score (nSPS) is 16.4. The Hall–Kier alpha value is -5.84. The van der Waals surface area contributed by atoms with E-state index >= 15 is 0 Å². The summed E-state index contributed by atoms with van der Waals surface area (Å²) in [6.45, 7) is 0. The van der Waals surface area contributed by atoms with E-state index in [2.05, 4.69) is 0 Å². The van der Waals surface area contributed by atoms with Crippen LogP contribution in [0.25, 0.3) is 10.8 Å². The predicted octanol–water partition coefficient (Wildman–Crippen LogP) is 3.79. The number of benzene rings is 5. The van der Waals surface area contributed by atoms with Gasteiger partial charge in [-0.25, -0.2) is 56.8 Å². The van der Waals surface area contributed by atoms with E-state index in [1.54, 1.807) is 0 Å². The molecule has 5 heterocycles. The second-order valence-corrected chi connectivity index (χ2v) is 14.8. The van der Waals surface area contributed by atoms with Gasteiger partial charge in [0, 0.05) is 49.9 Å². The molecule has 5 aliphatic heterocycles. The van der Waals surface area contributed by atoms with E-state index in [0.717, 1.165) is 17.2 Å². The Morgan fingerprint density at radius 2 is 0.679 bits per heavy atom. The van der Waals surface area contributed by atoms with Gasteiger partial charge in [-0.1, -0.05) is 72.8 Å². The topological polar surface area (TPSA) is 213 Å². The van der Waals surface area contributed by atoms with Gasteiger partial charge >= 0.3 is 19.5 Å². The third-order valence-corrected chi connectivity index (χ3v) is 10.7. The summed E-state index contributed by atoms with van der Waals surface area (Å²) in [4.78, 5) is 36.8. The van der Waals surface area contributed by atoms with Crippen molar-refractivity contribution >= 4 is 77.7 Å².